The molecule has 0 aliphatic carbocycles. The van der Waals surface area contributed by atoms with Crippen molar-refractivity contribution in [3.63, 3.8) is 0 Å². The van der Waals surface area contributed by atoms with E-state index in [1.165, 1.54) is 16.8 Å². The highest BCUT2D eigenvalue weighted by atomic mass is 32.1. The van der Waals surface area contributed by atoms with Crippen molar-refractivity contribution in [1.29, 1.82) is 0 Å². The molecule has 2 aromatic carbocycles. The Morgan fingerprint density at radius 2 is 1.90 bits per heavy atom. The van der Waals surface area contributed by atoms with E-state index in [4.69, 9.17) is 12.6 Å². The molecule has 0 amide bonds. The molecular weight excluding hydrogens is 412 g/mol. The third-order valence-corrected chi connectivity index (χ3v) is 5.46. The highest BCUT2D eigenvalue weighted by molar-refractivity contribution is 7.59. The number of anilines is 3. The van der Waals surface area contributed by atoms with Crippen molar-refractivity contribution >= 4 is 35.7 Å². The Morgan fingerprint density at radius 1 is 1.19 bits per heavy atom. The maximum atomic E-state index is 10.8. The van der Waals surface area contributed by atoms with Crippen molar-refractivity contribution in [2.24, 2.45) is 10.3 Å². The molecule has 1 aliphatic rings. The summed E-state index contributed by atoms with van der Waals surface area (Å²) in [4.78, 5) is 13.1. The van der Waals surface area contributed by atoms with Crippen LogP contribution in [-0.2, 0) is 17.4 Å². The van der Waals surface area contributed by atoms with Crippen molar-refractivity contribution in [2.75, 3.05) is 34.9 Å². The summed E-state index contributed by atoms with van der Waals surface area (Å²) in [6.45, 7) is 6.48. The first-order chi connectivity index (χ1) is 15.0. The topological polar surface area (TPSA) is 95.4 Å². The number of carbonyl (C=O) groups is 1. The Hall–Kier alpha value is -2.94. The first-order valence-corrected chi connectivity index (χ1v) is 10.9. The third-order valence-electron chi connectivity index (χ3n) is 5.15. The lowest BCUT2D eigenvalue weighted by Gasteiger charge is -2.29. The Balaban J connectivity index is 1.57. The molecule has 0 bridgehead atoms. The van der Waals surface area contributed by atoms with Gasteiger partial charge in [-0.05, 0) is 62.4 Å². The predicted molar refractivity (Wildman–Crippen MR) is 124 cm³/mol. The van der Waals surface area contributed by atoms with Gasteiger partial charge in [-0.15, -0.1) is 0 Å². The maximum Gasteiger partial charge on any atom is 0.0610 e. The van der Waals surface area contributed by atoms with Crippen LogP contribution in [0.2, 0.25) is 0 Å². The lowest BCUT2D eigenvalue weighted by atomic mass is 10.1. The van der Waals surface area contributed by atoms with Crippen LogP contribution in [0.4, 0.5) is 17.1 Å². The van der Waals surface area contributed by atoms with Crippen LogP contribution in [0.3, 0.4) is 0 Å². The number of nitrogens with one attached hydrogen (secondary N) is 2. The van der Waals surface area contributed by atoms with Gasteiger partial charge in [0.05, 0.1) is 5.69 Å². The molecule has 1 unspecified atom stereocenters. The van der Waals surface area contributed by atoms with E-state index in [-0.39, 0.29) is 6.42 Å². The molecule has 2 aromatic rings. The molecule has 0 aromatic heterocycles. The average Bonchev–Trinajstić information content (AvgIpc) is 3.16. The van der Waals surface area contributed by atoms with E-state index in [2.05, 4.69) is 52.1 Å². The molecule has 2 N–H and O–H groups in total. The molecule has 3 rings (SSSR count). The van der Waals surface area contributed by atoms with Gasteiger partial charge >= 0.3 is 0 Å². The van der Waals surface area contributed by atoms with E-state index in [0.717, 1.165) is 30.9 Å². The van der Waals surface area contributed by atoms with Crippen molar-refractivity contribution in [3.8, 4) is 0 Å². The first kappa shape index (κ1) is 22.7. The summed E-state index contributed by atoms with van der Waals surface area (Å²) >= 11 is 5.24. The number of benzene rings is 2. The quantitative estimate of drug-likeness (QED) is 0.410. The number of hydrogen-bond donors (Lipinski definition) is 2. The van der Waals surface area contributed by atoms with Gasteiger partial charge in [0.2, 0.25) is 0 Å². The fourth-order valence-corrected chi connectivity index (χ4v) is 3.95. The molecule has 166 valence electrons. The number of rotatable bonds is 11. The molecular formula is C22H28N6O2S-2. The number of aryl methyl sites for hydroxylation is 2. The maximum absolute atomic E-state index is 10.8. The number of aliphatic carboxylic acids is 1. The summed E-state index contributed by atoms with van der Waals surface area (Å²) in [6.07, 6.45) is 1.53. The Bertz CT molecular complexity index is 902. The van der Waals surface area contributed by atoms with Gasteiger partial charge in [-0.1, -0.05) is 29.5 Å². The number of nitrogens with zero attached hydrogens (tertiary/aromatic N) is 4. The van der Waals surface area contributed by atoms with Crippen molar-refractivity contribution < 1.29 is 9.90 Å². The van der Waals surface area contributed by atoms with E-state index < -0.39 is 11.5 Å². The smallest absolute Gasteiger partial charge is 0.0610 e. The molecule has 9 heteroatoms. The van der Waals surface area contributed by atoms with Crippen LogP contribution < -0.4 is 25.9 Å². The minimum absolute atomic E-state index is 0.0689. The summed E-state index contributed by atoms with van der Waals surface area (Å²) < 4.78 is 0. The Morgan fingerprint density at radius 3 is 2.58 bits per heavy atom. The number of carboxylic acid groups (broad SMARTS) is 1. The second-order valence-corrected chi connectivity index (χ2v) is 7.97. The van der Waals surface area contributed by atoms with Gasteiger partial charge in [0.15, 0.2) is 0 Å². The molecule has 0 saturated carbocycles. The zero-order valence-corrected chi connectivity index (χ0v) is 18.7. The van der Waals surface area contributed by atoms with E-state index in [1.54, 1.807) is 5.01 Å². The normalized spacial score (nSPS) is 15.1. The van der Waals surface area contributed by atoms with Gasteiger partial charge in [-0.2, -0.15) is 10.6 Å². The second-order valence-electron chi connectivity index (χ2n) is 7.55. The number of hydrogen-bond acceptors (Lipinski definition) is 9. The van der Waals surface area contributed by atoms with Crippen LogP contribution >= 0.6 is 0 Å². The average molecular weight is 441 g/mol. The molecule has 0 fully saturated rings. The molecule has 1 heterocycles. The predicted octanol–water partition coefficient (Wildman–Crippen LogP) is 2.66. The van der Waals surface area contributed by atoms with E-state index >= 15 is 0 Å². The van der Waals surface area contributed by atoms with Crippen LogP contribution in [0.25, 0.3) is 0 Å². The van der Waals surface area contributed by atoms with Crippen molar-refractivity contribution in [3.05, 3.63) is 53.6 Å². The van der Waals surface area contributed by atoms with Gasteiger partial charge in [-0.3, -0.25) is 5.01 Å². The standard InChI is InChI=1S/C22H30N6O2S/c1-16-7-3-8-17(2)21(16)27(13-5-11-20(29)30)14-6-12-23-18-9-4-10-19(15-18)28-22(31)24-25-26-28/h3-4,7-10,15,22-23,31H,5-6,11-14H2,1-2H3,(H,24,26)(H,29,30)/p-2. The summed E-state index contributed by atoms with van der Waals surface area (Å²) in [5.74, 6) is -1.00. The largest absolute Gasteiger partial charge is 0.740 e. The first-order valence-electron chi connectivity index (χ1n) is 10.4. The van der Waals surface area contributed by atoms with E-state index in [0.29, 0.717) is 13.0 Å². The van der Waals surface area contributed by atoms with Gasteiger partial charge in [0.25, 0.3) is 0 Å². The number of para-hydroxylation sites is 1. The number of hydrazine groups is 1. The Kier molecular flexibility index (Phi) is 8.00. The fraction of sp³-hybridized carbons (Fsp3) is 0.409. The third kappa shape index (κ3) is 6.27. The molecule has 8 nitrogen and oxygen atoms in total. The van der Waals surface area contributed by atoms with Gasteiger partial charge < -0.3 is 32.7 Å². The lowest BCUT2D eigenvalue weighted by molar-refractivity contribution is -0.305. The molecule has 1 aliphatic heterocycles. The van der Waals surface area contributed by atoms with E-state index in [9.17, 15) is 9.90 Å². The SMILES string of the molecule is Cc1cccc(C)c1N(CCCNc1cccc(N2NN=NC2[S-])c1)CCCC(=O)[O-]. The molecule has 31 heavy (non-hydrogen) atoms. The summed E-state index contributed by atoms with van der Waals surface area (Å²) in [7, 11) is 0. The zero-order chi connectivity index (χ0) is 22.2. The Labute approximate surface area is 188 Å². The monoisotopic (exact) mass is 440 g/mol. The van der Waals surface area contributed by atoms with Crippen LogP contribution in [0, 0.1) is 13.8 Å². The van der Waals surface area contributed by atoms with Gasteiger partial charge in [-0.25, -0.2) is 0 Å². The highest BCUT2D eigenvalue weighted by Gasteiger charge is 2.13. The van der Waals surface area contributed by atoms with E-state index in [1.807, 2.05) is 30.3 Å². The minimum Gasteiger partial charge on any atom is -0.740 e. The fourth-order valence-electron chi connectivity index (χ4n) is 3.73. The van der Waals surface area contributed by atoms with Crippen LogP contribution in [0.5, 0.6) is 0 Å². The molecule has 0 saturated heterocycles. The molecule has 0 radical (unpaired) electrons. The van der Waals surface area contributed by atoms with Crippen LogP contribution in [0.1, 0.15) is 30.4 Å². The zero-order valence-electron chi connectivity index (χ0n) is 17.9. The van der Waals surface area contributed by atoms with Crippen molar-refractivity contribution in [2.45, 2.75) is 38.6 Å². The number of carbonyl (C=O) groups excluding carboxylic acids is 1. The van der Waals surface area contributed by atoms with Crippen LogP contribution in [0.15, 0.2) is 52.8 Å². The molecule has 0 spiro atoms. The van der Waals surface area contributed by atoms with Gasteiger partial charge in [0, 0.05) is 42.5 Å². The van der Waals surface area contributed by atoms with Crippen LogP contribution in [-0.4, -0.2) is 31.1 Å². The summed E-state index contributed by atoms with van der Waals surface area (Å²) in [6, 6.07) is 14.2. The van der Waals surface area contributed by atoms with Gasteiger partial charge in [0.1, 0.15) is 0 Å². The number of carboxylic acids is 1. The summed E-state index contributed by atoms with van der Waals surface area (Å²) in [5, 5.41) is 23.7. The molecule has 1 atom stereocenters. The minimum atomic E-state index is -1.00. The second kappa shape index (κ2) is 10.9. The van der Waals surface area contributed by atoms with Crippen molar-refractivity contribution in [1.82, 2.24) is 5.53 Å². The lowest BCUT2D eigenvalue weighted by Crippen LogP contribution is -2.35. The highest BCUT2D eigenvalue weighted by Crippen LogP contribution is 2.26. The summed E-state index contributed by atoms with van der Waals surface area (Å²) in [5.41, 5.74) is 7.80.